The molecule has 2 aromatic heterocycles. The molecular weight excluding hydrogens is 600 g/mol. The Labute approximate surface area is 275 Å². The summed E-state index contributed by atoms with van der Waals surface area (Å²) in [6, 6.07) is 13.9. The number of nitrogens with one attached hydrogen (secondary N) is 4. The van der Waals surface area contributed by atoms with Gasteiger partial charge in [-0.15, -0.1) is 0 Å². The van der Waals surface area contributed by atoms with Crippen molar-refractivity contribution in [1.29, 1.82) is 0 Å². The maximum atomic E-state index is 14.2. The zero-order valence-electron chi connectivity index (χ0n) is 27.8. The number of H-pyrrole nitrogens is 1. The zero-order chi connectivity index (χ0) is 34.6. The number of esters is 1. The Kier molecular flexibility index (Phi) is 12.0. The molecule has 4 rings (SSSR count). The monoisotopic (exact) mass is 643 g/mol. The molecule has 3 amide bonds. The lowest BCUT2D eigenvalue weighted by Crippen LogP contribution is -2.57. The van der Waals surface area contributed by atoms with Crippen molar-refractivity contribution in [1.82, 2.24) is 30.9 Å². The van der Waals surface area contributed by atoms with Crippen LogP contribution in [0, 0.1) is 5.92 Å². The van der Waals surface area contributed by atoms with E-state index >= 15 is 0 Å². The first-order chi connectivity index (χ1) is 23.1. The Morgan fingerprint density at radius 1 is 0.957 bits per heavy atom. The van der Waals surface area contributed by atoms with Crippen molar-refractivity contribution in [3.63, 3.8) is 0 Å². The van der Waals surface area contributed by atoms with Crippen molar-refractivity contribution in [2.24, 2.45) is 5.92 Å². The van der Waals surface area contributed by atoms with E-state index in [1.807, 2.05) is 26.0 Å². The third kappa shape index (κ3) is 10.2. The maximum absolute atomic E-state index is 14.2. The average Bonchev–Trinajstić information content (AvgIpc) is 3.59. The number of aromatic nitrogens is 3. The molecule has 0 aliphatic carbocycles. The highest BCUT2D eigenvalue weighted by Crippen LogP contribution is 2.19. The minimum Gasteiger partial charge on any atom is -0.466 e. The molecule has 0 unspecified atom stereocenters. The van der Waals surface area contributed by atoms with E-state index in [2.05, 4.69) is 25.6 Å². The summed E-state index contributed by atoms with van der Waals surface area (Å²) < 4.78 is 13.9. The van der Waals surface area contributed by atoms with Crippen LogP contribution in [0.5, 0.6) is 0 Å². The van der Waals surface area contributed by atoms with Gasteiger partial charge < -0.3 is 30.8 Å². The standard InChI is InChI=1S/C35H42N6O6/c1-4-47-32(43)19-31(42)28(16-22(2)3)39-35(46)30(18-25-20-36-21-38-25)41-34(45)29(40-33(44)23-10-6-5-7-11-23)17-24-12-8-14-27-26(24)13-9-15-37-27/h5-15,20-22,28-31,42H,4,16-19H2,1-3H3,(H,36,38)(H,39,46)(H,40,44)(H,41,45)/t28-,29-,30-,31-/m0/s1/i/hD. The van der Waals surface area contributed by atoms with Crippen molar-refractivity contribution < 1.29 is 30.4 Å². The number of hydrogen-bond acceptors (Lipinski definition) is 8. The average molecular weight is 644 g/mol. The maximum Gasteiger partial charge on any atom is 0.308 e. The van der Waals surface area contributed by atoms with Gasteiger partial charge in [0.05, 0.1) is 37.0 Å². The van der Waals surface area contributed by atoms with Gasteiger partial charge in [0.25, 0.3) is 5.91 Å². The van der Waals surface area contributed by atoms with E-state index in [0.717, 1.165) is 5.39 Å². The Morgan fingerprint density at radius 2 is 1.72 bits per heavy atom. The van der Waals surface area contributed by atoms with Crippen molar-refractivity contribution in [3.8, 4) is 0 Å². The molecule has 4 aromatic rings. The molecule has 0 radical (unpaired) electrons. The number of carbonyl (C=O) groups excluding carboxylic acids is 4. The summed E-state index contributed by atoms with van der Waals surface area (Å²) in [5.41, 5.74) is 2.15. The number of aliphatic hydroxyl groups is 1. The first-order valence-electron chi connectivity index (χ1n) is 16.1. The fraction of sp³-hybridized carbons (Fsp3) is 0.371. The highest BCUT2D eigenvalue weighted by atomic mass is 16.5. The number of ether oxygens (including phenoxy) is 1. The second kappa shape index (κ2) is 17.0. The number of rotatable bonds is 16. The number of imidazole rings is 1. The molecule has 2 heterocycles. The minimum atomic E-state index is -1.35. The second-order valence-corrected chi connectivity index (χ2v) is 11.7. The Balaban J connectivity index is 1.64. The number of benzene rings is 2. The van der Waals surface area contributed by atoms with Gasteiger partial charge in [0, 0.05) is 41.9 Å². The van der Waals surface area contributed by atoms with Crippen LogP contribution in [0.25, 0.3) is 10.9 Å². The third-order valence-electron chi connectivity index (χ3n) is 7.56. The largest absolute Gasteiger partial charge is 0.466 e. The van der Waals surface area contributed by atoms with Crippen LogP contribution < -0.4 is 15.9 Å². The van der Waals surface area contributed by atoms with E-state index in [1.54, 1.807) is 61.7 Å². The molecule has 0 spiro atoms. The number of aromatic amines is 1. The fourth-order valence-electron chi connectivity index (χ4n) is 5.28. The summed E-state index contributed by atoms with van der Waals surface area (Å²) in [7, 11) is 0. The first kappa shape index (κ1) is 33.3. The van der Waals surface area contributed by atoms with Gasteiger partial charge in [-0.2, -0.15) is 0 Å². The number of fused-ring (bicyclic) bond motifs is 1. The van der Waals surface area contributed by atoms with E-state index in [9.17, 15) is 24.3 Å². The van der Waals surface area contributed by atoms with Crippen LogP contribution in [0.1, 0.15) is 55.2 Å². The molecule has 5 N–H and O–H groups in total. The van der Waals surface area contributed by atoms with Crippen molar-refractivity contribution in [3.05, 3.63) is 96.2 Å². The molecule has 0 aliphatic rings. The van der Waals surface area contributed by atoms with Gasteiger partial charge in [0.15, 0.2) is 1.41 Å². The van der Waals surface area contributed by atoms with E-state index in [0.29, 0.717) is 28.5 Å². The van der Waals surface area contributed by atoms with Crippen LogP contribution in [-0.4, -0.2) is 74.6 Å². The molecule has 4 atom stereocenters. The van der Waals surface area contributed by atoms with Gasteiger partial charge >= 0.3 is 5.97 Å². The van der Waals surface area contributed by atoms with Crippen LogP contribution in [0.3, 0.4) is 0 Å². The molecule has 0 saturated carbocycles. The van der Waals surface area contributed by atoms with Gasteiger partial charge in [0.2, 0.25) is 11.8 Å². The highest BCUT2D eigenvalue weighted by molar-refractivity contribution is 5.98. The van der Waals surface area contributed by atoms with E-state index < -0.39 is 47.9 Å². The van der Waals surface area contributed by atoms with Crippen molar-refractivity contribution >= 4 is 34.6 Å². The fourth-order valence-corrected chi connectivity index (χ4v) is 5.28. The normalized spacial score (nSPS) is 14.0. The molecule has 0 aliphatic heterocycles. The third-order valence-corrected chi connectivity index (χ3v) is 7.56. The van der Waals surface area contributed by atoms with E-state index in [4.69, 9.17) is 6.15 Å². The molecule has 47 heavy (non-hydrogen) atoms. The minimum absolute atomic E-state index is 0.00448. The van der Waals surface area contributed by atoms with Crippen LogP contribution >= 0.6 is 0 Å². The highest BCUT2D eigenvalue weighted by Gasteiger charge is 2.32. The molecule has 248 valence electrons. The van der Waals surface area contributed by atoms with E-state index in [-0.39, 0.29) is 37.4 Å². The van der Waals surface area contributed by atoms with Crippen LogP contribution in [-0.2, 0) is 32.0 Å². The number of nitrogens with zero attached hydrogens (tertiary/aromatic N) is 2. The van der Waals surface area contributed by atoms with E-state index in [1.165, 1.54) is 12.5 Å². The number of carbonyl (C=O) groups is 4. The lowest BCUT2D eigenvalue weighted by atomic mass is 9.96. The predicted molar refractivity (Wildman–Crippen MR) is 176 cm³/mol. The molecule has 2 aromatic carbocycles. The Hall–Kier alpha value is -5.10. The van der Waals surface area contributed by atoms with Crippen LogP contribution in [0.15, 0.2) is 79.4 Å². The van der Waals surface area contributed by atoms with Crippen LogP contribution in [0.4, 0.5) is 0 Å². The summed E-state index contributed by atoms with van der Waals surface area (Å²) >= 11 is 0. The number of amides is 3. The molecular formula is C35H42N6O6. The quantitative estimate of drug-likeness (QED) is 0.116. The molecule has 12 nitrogen and oxygen atoms in total. The smallest absolute Gasteiger partial charge is 0.308 e. The Morgan fingerprint density at radius 3 is 2.43 bits per heavy atom. The Bertz CT molecular complexity index is 1660. The first-order valence-corrected chi connectivity index (χ1v) is 15.7. The SMILES string of the molecule is [2H]N(C(=O)c1ccccc1)[C@@H](Cc1cccc2ncccc12)C(=O)N[C@@H](Cc1cnc[nH]1)C(=O)N[C@@H](CC(C)C)[C@@H](O)CC(=O)OCC. The summed E-state index contributed by atoms with van der Waals surface area (Å²) in [4.78, 5) is 65.0. The van der Waals surface area contributed by atoms with Gasteiger partial charge in [-0.1, -0.05) is 50.2 Å². The number of aliphatic hydroxyl groups excluding tert-OH is 1. The molecule has 0 saturated heterocycles. The molecule has 0 fully saturated rings. The van der Waals surface area contributed by atoms with Crippen molar-refractivity contribution in [2.75, 3.05) is 6.61 Å². The summed E-state index contributed by atoms with van der Waals surface area (Å²) in [6.07, 6.45) is 3.36. The summed E-state index contributed by atoms with van der Waals surface area (Å²) in [5.74, 6) is -2.59. The molecule has 12 heteroatoms. The lowest BCUT2D eigenvalue weighted by Gasteiger charge is -2.28. The number of hydrogen-bond donors (Lipinski definition) is 5. The van der Waals surface area contributed by atoms with Crippen molar-refractivity contribution in [2.45, 2.75) is 70.7 Å². The summed E-state index contributed by atoms with van der Waals surface area (Å²) in [5, 5.41) is 17.9. The predicted octanol–water partition coefficient (Wildman–Crippen LogP) is 2.87. The molecule has 0 bridgehead atoms. The number of pyridine rings is 1. The summed E-state index contributed by atoms with van der Waals surface area (Å²) in [6.45, 7) is 5.65. The zero-order valence-corrected chi connectivity index (χ0v) is 26.8. The van der Waals surface area contributed by atoms with Gasteiger partial charge in [-0.25, -0.2) is 4.98 Å². The van der Waals surface area contributed by atoms with Gasteiger partial charge in [0.1, 0.15) is 12.1 Å². The van der Waals surface area contributed by atoms with Gasteiger partial charge in [-0.05, 0) is 49.1 Å². The van der Waals surface area contributed by atoms with Gasteiger partial charge in [-0.3, -0.25) is 24.2 Å². The lowest BCUT2D eigenvalue weighted by molar-refractivity contribution is -0.146. The topological polar surface area (TPSA) is 175 Å². The van der Waals surface area contributed by atoms with Crippen LogP contribution in [0.2, 0.25) is 1.41 Å². The second-order valence-electron chi connectivity index (χ2n) is 11.7.